The van der Waals surface area contributed by atoms with Crippen LogP contribution < -0.4 is 29.7 Å². The van der Waals surface area contributed by atoms with Crippen LogP contribution in [0.3, 0.4) is 0 Å². The first-order chi connectivity index (χ1) is 13.1. The lowest BCUT2D eigenvalue weighted by Gasteiger charge is -2.32. The van der Waals surface area contributed by atoms with E-state index in [1.165, 1.54) is 21.3 Å². The number of aromatic nitrogens is 1. The van der Waals surface area contributed by atoms with Crippen LogP contribution in [0, 0.1) is 0 Å². The molecule has 1 aliphatic heterocycles. The summed E-state index contributed by atoms with van der Waals surface area (Å²) in [4.78, 5) is 19.0. The summed E-state index contributed by atoms with van der Waals surface area (Å²) in [6.45, 7) is 1.76. The van der Waals surface area contributed by atoms with Gasteiger partial charge in [-0.25, -0.2) is 9.78 Å². The SMILES string of the molecule is COc1cc(NC(=O)NC2CCN(c3nccs3)CC2)cc(OC)c1OC. The second-order valence-corrected chi connectivity index (χ2v) is 6.96. The van der Waals surface area contributed by atoms with E-state index in [9.17, 15) is 4.79 Å². The number of hydrogen-bond donors (Lipinski definition) is 2. The van der Waals surface area contributed by atoms with Gasteiger partial charge in [-0.05, 0) is 12.8 Å². The van der Waals surface area contributed by atoms with Crippen molar-refractivity contribution in [1.82, 2.24) is 10.3 Å². The summed E-state index contributed by atoms with van der Waals surface area (Å²) < 4.78 is 15.9. The summed E-state index contributed by atoms with van der Waals surface area (Å²) in [6.07, 6.45) is 3.57. The fourth-order valence-electron chi connectivity index (χ4n) is 3.09. The zero-order chi connectivity index (χ0) is 19.2. The van der Waals surface area contributed by atoms with Crippen LogP contribution in [0.5, 0.6) is 17.2 Å². The summed E-state index contributed by atoms with van der Waals surface area (Å²) in [6, 6.07) is 3.28. The van der Waals surface area contributed by atoms with Gasteiger partial charge in [-0.2, -0.15) is 0 Å². The lowest BCUT2D eigenvalue weighted by molar-refractivity contribution is 0.246. The van der Waals surface area contributed by atoms with Crippen molar-refractivity contribution < 1.29 is 19.0 Å². The van der Waals surface area contributed by atoms with Crippen molar-refractivity contribution in [2.75, 3.05) is 44.6 Å². The first kappa shape index (κ1) is 19.1. The molecule has 0 saturated carbocycles. The maximum Gasteiger partial charge on any atom is 0.319 e. The second kappa shape index (κ2) is 8.81. The molecule has 0 atom stereocenters. The number of rotatable bonds is 6. The number of piperidine rings is 1. The number of nitrogens with zero attached hydrogens (tertiary/aromatic N) is 2. The number of benzene rings is 1. The van der Waals surface area contributed by atoms with E-state index in [-0.39, 0.29) is 12.1 Å². The van der Waals surface area contributed by atoms with Crippen LogP contribution in [-0.2, 0) is 0 Å². The maximum atomic E-state index is 12.4. The van der Waals surface area contributed by atoms with Crippen molar-refractivity contribution in [3.05, 3.63) is 23.7 Å². The Morgan fingerprint density at radius 1 is 1.15 bits per heavy atom. The molecule has 8 nitrogen and oxygen atoms in total. The third-order valence-corrected chi connectivity index (χ3v) is 5.27. The van der Waals surface area contributed by atoms with E-state index in [4.69, 9.17) is 14.2 Å². The molecule has 1 fully saturated rings. The van der Waals surface area contributed by atoms with Gasteiger partial charge in [-0.3, -0.25) is 0 Å². The Balaban J connectivity index is 1.57. The third-order valence-electron chi connectivity index (χ3n) is 4.44. The molecule has 0 unspecified atom stereocenters. The molecule has 0 spiro atoms. The summed E-state index contributed by atoms with van der Waals surface area (Å²) in [5.74, 6) is 1.47. The fraction of sp³-hybridized carbons (Fsp3) is 0.444. The molecule has 146 valence electrons. The molecule has 1 aliphatic rings. The Morgan fingerprint density at radius 2 is 1.81 bits per heavy atom. The minimum Gasteiger partial charge on any atom is -0.493 e. The molecule has 1 saturated heterocycles. The highest BCUT2D eigenvalue weighted by Gasteiger charge is 2.22. The summed E-state index contributed by atoms with van der Waals surface area (Å²) >= 11 is 1.64. The quantitative estimate of drug-likeness (QED) is 0.786. The molecule has 0 bridgehead atoms. The van der Waals surface area contributed by atoms with E-state index in [1.807, 2.05) is 11.6 Å². The molecule has 2 amide bonds. The van der Waals surface area contributed by atoms with Crippen LogP contribution >= 0.6 is 11.3 Å². The average molecular weight is 392 g/mol. The van der Waals surface area contributed by atoms with Gasteiger partial charge in [0, 0.05) is 42.8 Å². The Morgan fingerprint density at radius 3 is 2.33 bits per heavy atom. The number of hydrogen-bond acceptors (Lipinski definition) is 7. The molecule has 0 radical (unpaired) electrons. The molecule has 1 aromatic carbocycles. The van der Waals surface area contributed by atoms with Gasteiger partial charge < -0.3 is 29.7 Å². The van der Waals surface area contributed by atoms with Crippen molar-refractivity contribution in [3.63, 3.8) is 0 Å². The van der Waals surface area contributed by atoms with Gasteiger partial charge in [0.25, 0.3) is 0 Å². The smallest absolute Gasteiger partial charge is 0.319 e. The number of anilines is 2. The van der Waals surface area contributed by atoms with Crippen molar-refractivity contribution >= 4 is 28.2 Å². The Kier molecular flexibility index (Phi) is 6.23. The normalized spacial score (nSPS) is 14.6. The fourth-order valence-corrected chi connectivity index (χ4v) is 3.79. The molecule has 2 heterocycles. The minimum absolute atomic E-state index is 0.128. The first-order valence-corrected chi connectivity index (χ1v) is 9.54. The highest BCUT2D eigenvalue weighted by atomic mass is 32.1. The van der Waals surface area contributed by atoms with Crippen molar-refractivity contribution in [2.24, 2.45) is 0 Å². The molecule has 0 aliphatic carbocycles. The van der Waals surface area contributed by atoms with Crippen molar-refractivity contribution in [2.45, 2.75) is 18.9 Å². The van der Waals surface area contributed by atoms with E-state index in [2.05, 4.69) is 20.5 Å². The van der Waals surface area contributed by atoms with Crippen LogP contribution in [-0.4, -0.2) is 51.5 Å². The van der Waals surface area contributed by atoms with Gasteiger partial charge in [0.2, 0.25) is 5.75 Å². The van der Waals surface area contributed by atoms with E-state index in [0.29, 0.717) is 22.9 Å². The number of urea groups is 1. The molecular weight excluding hydrogens is 368 g/mol. The number of carbonyl (C=O) groups is 1. The summed E-state index contributed by atoms with van der Waals surface area (Å²) in [7, 11) is 4.62. The number of methoxy groups -OCH3 is 3. The van der Waals surface area contributed by atoms with E-state index in [0.717, 1.165) is 31.1 Å². The molecule has 27 heavy (non-hydrogen) atoms. The minimum atomic E-state index is -0.253. The zero-order valence-electron chi connectivity index (χ0n) is 15.7. The Hall–Kier alpha value is -2.68. The van der Waals surface area contributed by atoms with Gasteiger partial charge in [-0.15, -0.1) is 11.3 Å². The number of thiazole rings is 1. The number of amides is 2. The van der Waals surface area contributed by atoms with Crippen LogP contribution in [0.1, 0.15) is 12.8 Å². The Labute approximate surface area is 162 Å². The molecule has 9 heteroatoms. The molecule has 1 aromatic heterocycles. The van der Waals surface area contributed by atoms with Gasteiger partial charge in [0.1, 0.15) is 0 Å². The first-order valence-electron chi connectivity index (χ1n) is 8.66. The second-order valence-electron chi connectivity index (χ2n) is 6.09. The Bertz CT molecular complexity index is 736. The lowest BCUT2D eigenvalue weighted by atomic mass is 10.1. The van der Waals surface area contributed by atoms with E-state index < -0.39 is 0 Å². The van der Waals surface area contributed by atoms with Gasteiger partial charge in [0.15, 0.2) is 16.6 Å². The highest BCUT2D eigenvalue weighted by Crippen LogP contribution is 2.39. The average Bonchev–Trinajstić information content (AvgIpc) is 3.22. The van der Waals surface area contributed by atoms with Gasteiger partial charge in [0.05, 0.1) is 27.0 Å². The monoisotopic (exact) mass is 392 g/mol. The largest absolute Gasteiger partial charge is 0.493 e. The number of ether oxygens (including phenoxy) is 3. The van der Waals surface area contributed by atoms with Crippen LogP contribution in [0.4, 0.5) is 15.6 Å². The number of nitrogens with one attached hydrogen (secondary N) is 2. The van der Waals surface area contributed by atoms with E-state index >= 15 is 0 Å². The van der Waals surface area contributed by atoms with Crippen molar-refractivity contribution in [1.29, 1.82) is 0 Å². The van der Waals surface area contributed by atoms with Crippen LogP contribution in [0.15, 0.2) is 23.7 Å². The third kappa shape index (κ3) is 4.54. The highest BCUT2D eigenvalue weighted by molar-refractivity contribution is 7.13. The zero-order valence-corrected chi connectivity index (χ0v) is 16.5. The lowest BCUT2D eigenvalue weighted by Crippen LogP contribution is -2.46. The summed E-state index contributed by atoms with van der Waals surface area (Å²) in [5.41, 5.74) is 0.572. The molecule has 2 N–H and O–H groups in total. The van der Waals surface area contributed by atoms with Gasteiger partial charge in [-0.1, -0.05) is 0 Å². The van der Waals surface area contributed by atoms with Gasteiger partial charge >= 0.3 is 6.03 Å². The van der Waals surface area contributed by atoms with E-state index in [1.54, 1.807) is 23.5 Å². The standard InChI is InChI=1S/C18H24N4O4S/c1-24-14-10-13(11-15(25-2)16(14)26-3)21-17(23)20-12-4-7-22(8-5-12)18-19-6-9-27-18/h6,9-12H,4-5,7-8H2,1-3H3,(H2,20,21,23). The topological polar surface area (TPSA) is 85.0 Å². The maximum absolute atomic E-state index is 12.4. The molecular formula is C18H24N4O4S. The molecule has 3 rings (SSSR count). The summed E-state index contributed by atoms with van der Waals surface area (Å²) in [5, 5.41) is 8.88. The molecule has 2 aromatic rings. The predicted octanol–water partition coefficient (Wildman–Crippen LogP) is 2.96. The van der Waals surface area contributed by atoms with Crippen LogP contribution in [0.25, 0.3) is 0 Å². The van der Waals surface area contributed by atoms with Crippen molar-refractivity contribution in [3.8, 4) is 17.2 Å². The number of carbonyl (C=O) groups excluding carboxylic acids is 1. The van der Waals surface area contributed by atoms with Crippen LogP contribution in [0.2, 0.25) is 0 Å². The predicted molar refractivity (Wildman–Crippen MR) is 106 cm³/mol.